The molecule has 1 N–H and O–H groups in total. The summed E-state index contributed by atoms with van der Waals surface area (Å²) >= 11 is 0. The molecule has 108 valence electrons. The highest BCUT2D eigenvalue weighted by molar-refractivity contribution is 5.44. The minimum atomic E-state index is 0.247. The van der Waals surface area contributed by atoms with E-state index in [1.165, 1.54) is 49.9 Å². The van der Waals surface area contributed by atoms with Gasteiger partial charge in [0.15, 0.2) is 0 Å². The van der Waals surface area contributed by atoms with E-state index in [9.17, 15) is 5.11 Å². The van der Waals surface area contributed by atoms with E-state index >= 15 is 0 Å². The molecule has 1 aliphatic heterocycles. The van der Waals surface area contributed by atoms with Crippen LogP contribution in [0.5, 0.6) is 5.75 Å². The number of benzene rings is 1. The first-order valence-corrected chi connectivity index (χ1v) is 8.14. The van der Waals surface area contributed by atoms with Crippen molar-refractivity contribution < 1.29 is 5.11 Å². The quantitative estimate of drug-likeness (QED) is 0.892. The molecular formula is C18H25NO. The highest BCUT2D eigenvalue weighted by Gasteiger charge is 2.48. The van der Waals surface area contributed by atoms with Gasteiger partial charge in [0.25, 0.3) is 0 Å². The first kappa shape index (κ1) is 12.7. The van der Waals surface area contributed by atoms with Crippen molar-refractivity contribution in [2.45, 2.75) is 51.0 Å². The van der Waals surface area contributed by atoms with Gasteiger partial charge in [-0.2, -0.15) is 0 Å². The molecule has 0 aromatic heterocycles. The lowest BCUT2D eigenvalue weighted by molar-refractivity contribution is 0.0283. The normalized spacial score (nSPS) is 36.7. The molecule has 2 fully saturated rings. The van der Waals surface area contributed by atoms with Crippen molar-refractivity contribution in [1.29, 1.82) is 0 Å². The summed E-state index contributed by atoms with van der Waals surface area (Å²) in [6, 6.07) is 6.74. The van der Waals surface area contributed by atoms with E-state index in [2.05, 4.69) is 24.8 Å². The maximum atomic E-state index is 9.85. The Morgan fingerprint density at radius 3 is 2.90 bits per heavy atom. The number of phenols is 1. The molecule has 20 heavy (non-hydrogen) atoms. The molecule has 0 unspecified atom stereocenters. The SMILES string of the molecule is C[C@@H]1[C@H]2Cc3ccc(O)cc3[C@]1(C)CCN2CC1CC1. The van der Waals surface area contributed by atoms with Crippen LogP contribution in [-0.2, 0) is 11.8 Å². The van der Waals surface area contributed by atoms with E-state index in [1.807, 2.05) is 12.1 Å². The second-order valence-electron chi connectivity index (χ2n) is 7.51. The Hall–Kier alpha value is -1.02. The maximum Gasteiger partial charge on any atom is 0.115 e. The van der Waals surface area contributed by atoms with Crippen molar-refractivity contribution in [3.8, 4) is 5.75 Å². The maximum absolute atomic E-state index is 9.85. The summed E-state index contributed by atoms with van der Waals surface area (Å²) in [6.45, 7) is 7.39. The Labute approximate surface area is 121 Å². The Kier molecular flexibility index (Phi) is 2.69. The lowest BCUT2D eigenvalue weighted by atomic mass is 9.59. The van der Waals surface area contributed by atoms with Gasteiger partial charge >= 0.3 is 0 Å². The van der Waals surface area contributed by atoms with E-state index in [0.717, 1.165) is 5.92 Å². The average Bonchev–Trinajstić information content (AvgIpc) is 3.22. The van der Waals surface area contributed by atoms with E-state index in [0.29, 0.717) is 17.7 Å². The van der Waals surface area contributed by atoms with E-state index < -0.39 is 0 Å². The Morgan fingerprint density at radius 1 is 1.35 bits per heavy atom. The number of nitrogens with zero attached hydrogens (tertiary/aromatic N) is 1. The van der Waals surface area contributed by atoms with Crippen molar-refractivity contribution in [3.63, 3.8) is 0 Å². The molecule has 0 radical (unpaired) electrons. The van der Waals surface area contributed by atoms with Crippen LogP contribution in [0.25, 0.3) is 0 Å². The predicted molar refractivity (Wildman–Crippen MR) is 81.0 cm³/mol. The minimum absolute atomic E-state index is 0.247. The van der Waals surface area contributed by atoms with Crippen LogP contribution in [0, 0.1) is 11.8 Å². The first-order valence-electron chi connectivity index (χ1n) is 8.14. The lowest BCUT2D eigenvalue weighted by Gasteiger charge is -2.54. The summed E-state index contributed by atoms with van der Waals surface area (Å²) in [5.41, 5.74) is 3.12. The molecule has 1 heterocycles. The molecule has 1 aromatic rings. The molecule has 3 atom stereocenters. The molecule has 0 spiro atoms. The van der Waals surface area contributed by atoms with Crippen LogP contribution in [0.4, 0.5) is 0 Å². The zero-order chi connectivity index (χ0) is 13.9. The number of aromatic hydroxyl groups is 1. The molecule has 2 nitrogen and oxygen atoms in total. The van der Waals surface area contributed by atoms with Gasteiger partial charge in [-0.15, -0.1) is 0 Å². The summed E-state index contributed by atoms with van der Waals surface area (Å²) in [7, 11) is 0. The van der Waals surface area contributed by atoms with Gasteiger partial charge in [0, 0.05) is 12.6 Å². The standard InChI is InChI=1S/C18H25NO/c1-12-17-9-14-5-6-15(20)10-16(14)18(12,2)7-8-19(17)11-13-3-4-13/h5-6,10,12-13,17,20H,3-4,7-9,11H2,1-2H3/t12-,17-,18-/m1/s1. The summed E-state index contributed by atoms with van der Waals surface area (Å²) in [4.78, 5) is 2.76. The van der Waals surface area contributed by atoms with Crippen LogP contribution in [-0.4, -0.2) is 29.1 Å². The van der Waals surface area contributed by atoms with Gasteiger partial charge in [-0.25, -0.2) is 0 Å². The summed E-state index contributed by atoms with van der Waals surface area (Å²) in [5.74, 6) is 2.09. The van der Waals surface area contributed by atoms with Crippen molar-refractivity contribution in [2.75, 3.05) is 13.1 Å². The van der Waals surface area contributed by atoms with Gasteiger partial charge in [-0.1, -0.05) is 19.9 Å². The first-order chi connectivity index (χ1) is 9.58. The van der Waals surface area contributed by atoms with E-state index in [1.54, 1.807) is 0 Å². The lowest BCUT2D eigenvalue weighted by Crippen LogP contribution is -2.58. The fraction of sp³-hybridized carbons (Fsp3) is 0.667. The number of hydrogen-bond donors (Lipinski definition) is 1. The number of phenolic OH excluding ortho intramolecular Hbond substituents is 1. The molecule has 3 aliphatic rings. The van der Waals surface area contributed by atoms with Crippen molar-refractivity contribution in [1.82, 2.24) is 4.90 Å². The zero-order valence-electron chi connectivity index (χ0n) is 12.6. The van der Waals surface area contributed by atoms with Crippen LogP contribution in [0.3, 0.4) is 0 Å². The van der Waals surface area contributed by atoms with Crippen molar-refractivity contribution in [3.05, 3.63) is 29.3 Å². The smallest absolute Gasteiger partial charge is 0.115 e. The van der Waals surface area contributed by atoms with Gasteiger partial charge in [-0.3, -0.25) is 4.90 Å². The third-order valence-electron chi connectivity index (χ3n) is 6.30. The van der Waals surface area contributed by atoms with Crippen molar-refractivity contribution >= 4 is 0 Å². The van der Waals surface area contributed by atoms with Crippen LogP contribution >= 0.6 is 0 Å². The Morgan fingerprint density at radius 2 is 2.15 bits per heavy atom. The average molecular weight is 271 g/mol. The molecule has 1 saturated heterocycles. The molecule has 2 bridgehead atoms. The van der Waals surface area contributed by atoms with Gasteiger partial charge in [0.2, 0.25) is 0 Å². The monoisotopic (exact) mass is 271 g/mol. The number of hydrogen-bond acceptors (Lipinski definition) is 2. The number of likely N-dealkylation sites (tertiary alicyclic amines) is 1. The van der Waals surface area contributed by atoms with Crippen LogP contribution in [0.1, 0.15) is 44.2 Å². The Balaban J connectivity index is 1.71. The molecular weight excluding hydrogens is 246 g/mol. The van der Waals surface area contributed by atoms with Gasteiger partial charge < -0.3 is 5.11 Å². The van der Waals surface area contributed by atoms with E-state index in [-0.39, 0.29) is 5.41 Å². The molecule has 2 aliphatic carbocycles. The summed E-state index contributed by atoms with van der Waals surface area (Å²) < 4.78 is 0. The molecule has 4 rings (SSSR count). The third kappa shape index (κ3) is 1.81. The van der Waals surface area contributed by atoms with Gasteiger partial charge in [-0.05, 0) is 72.7 Å². The van der Waals surface area contributed by atoms with Gasteiger partial charge in [0.05, 0.1) is 0 Å². The second-order valence-corrected chi connectivity index (χ2v) is 7.51. The molecule has 1 saturated carbocycles. The largest absolute Gasteiger partial charge is 0.508 e. The summed E-state index contributed by atoms with van der Waals surface area (Å²) in [6.07, 6.45) is 5.28. The fourth-order valence-electron chi connectivity index (χ4n) is 4.55. The minimum Gasteiger partial charge on any atom is -0.508 e. The highest BCUT2D eigenvalue weighted by Crippen LogP contribution is 2.49. The van der Waals surface area contributed by atoms with Crippen molar-refractivity contribution in [2.24, 2.45) is 11.8 Å². The highest BCUT2D eigenvalue weighted by atomic mass is 16.3. The zero-order valence-corrected chi connectivity index (χ0v) is 12.6. The molecule has 1 aromatic carbocycles. The number of rotatable bonds is 2. The molecule has 2 heteroatoms. The topological polar surface area (TPSA) is 23.5 Å². The second kappa shape index (κ2) is 4.24. The van der Waals surface area contributed by atoms with Crippen LogP contribution in [0.2, 0.25) is 0 Å². The Bertz CT molecular complexity index is 536. The summed E-state index contributed by atoms with van der Waals surface area (Å²) in [5, 5.41) is 9.85. The van der Waals surface area contributed by atoms with Crippen LogP contribution in [0.15, 0.2) is 18.2 Å². The van der Waals surface area contributed by atoms with Gasteiger partial charge in [0.1, 0.15) is 5.75 Å². The fourth-order valence-corrected chi connectivity index (χ4v) is 4.55. The molecule has 0 amide bonds. The predicted octanol–water partition coefficient (Wildman–Crippen LogP) is 3.33. The third-order valence-corrected chi connectivity index (χ3v) is 6.30. The number of fused-ring (bicyclic) bond motifs is 4. The van der Waals surface area contributed by atoms with Crippen LogP contribution < -0.4 is 0 Å². The van der Waals surface area contributed by atoms with E-state index in [4.69, 9.17) is 0 Å². The number of piperidine rings is 1.